The Morgan fingerprint density at radius 2 is 1.86 bits per heavy atom. The molecule has 0 aliphatic rings. The van der Waals surface area contributed by atoms with Crippen molar-refractivity contribution in [1.82, 2.24) is 9.97 Å². The number of unbranched alkanes of at least 4 members (excludes halogenated alkanes) is 1. The summed E-state index contributed by atoms with van der Waals surface area (Å²) in [6.45, 7) is 8.18. The van der Waals surface area contributed by atoms with Crippen LogP contribution in [0.25, 0.3) is 0 Å². The largest absolute Gasteiger partial charge is 0.370 e. The molecule has 1 aromatic carbocycles. The molecule has 0 amide bonds. The lowest BCUT2D eigenvalue weighted by atomic mass is 10.2. The van der Waals surface area contributed by atoms with Gasteiger partial charge in [0.25, 0.3) is 0 Å². The number of aromatic nitrogens is 2. The van der Waals surface area contributed by atoms with Gasteiger partial charge < -0.3 is 10.2 Å². The quantitative estimate of drug-likeness (QED) is 0.829. The fraction of sp³-hybridized carbons (Fsp3) is 0.412. The smallest absolute Gasteiger partial charge is 0.141 e. The van der Waals surface area contributed by atoms with Crippen LogP contribution in [0.2, 0.25) is 0 Å². The third-order valence-corrected chi connectivity index (χ3v) is 3.46. The highest BCUT2D eigenvalue weighted by Crippen LogP contribution is 2.29. The molecule has 0 saturated heterocycles. The zero-order valence-electron chi connectivity index (χ0n) is 13.1. The molecule has 1 N–H and O–H groups in total. The Hall–Kier alpha value is -2.10. The van der Waals surface area contributed by atoms with Crippen LogP contribution < -0.4 is 10.2 Å². The van der Waals surface area contributed by atoms with Crippen molar-refractivity contribution in [3.8, 4) is 0 Å². The van der Waals surface area contributed by atoms with Crippen molar-refractivity contribution in [3.05, 3.63) is 42.2 Å². The van der Waals surface area contributed by atoms with Crippen LogP contribution in [0.5, 0.6) is 0 Å². The second-order valence-corrected chi connectivity index (χ2v) is 5.04. The highest BCUT2D eigenvalue weighted by atomic mass is 15.2. The average molecular weight is 284 g/mol. The molecule has 0 atom stereocenters. The molecule has 112 valence electrons. The zero-order valence-corrected chi connectivity index (χ0v) is 13.1. The molecule has 0 saturated carbocycles. The van der Waals surface area contributed by atoms with Crippen LogP contribution in [0.1, 0.15) is 32.3 Å². The number of rotatable bonds is 7. The molecular formula is C17H24N4. The van der Waals surface area contributed by atoms with Gasteiger partial charge in [0.05, 0.1) is 0 Å². The van der Waals surface area contributed by atoms with Gasteiger partial charge >= 0.3 is 0 Å². The lowest BCUT2D eigenvalue weighted by molar-refractivity contribution is 0.776. The van der Waals surface area contributed by atoms with Gasteiger partial charge in [-0.2, -0.15) is 0 Å². The molecule has 0 fully saturated rings. The van der Waals surface area contributed by atoms with E-state index in [0.717, 1.165) is 43.1 Å². The van der Waals surface area contributed by atoms with Crippen molar-refractivity contribution in [3.63, 3.8) is 0 Å². The molecule has 0 unspecified atom stereocenters. The molecule has 0 bridgehead atoms. The molecule has 2 aromatic rings. The van der Waals surface area contributed by atoms with Crippen molar-refractivity contribution >= 4 is 17.3 Å². The van der Waals surface area contributed by atoms with Crippen molar-refractivity contribution in [2.45, 2.75) is 33.6 Å². The van der Waals surface area contributed by atoms with Crippen LogP contribution in [0.4, 0.5) is 17.3 Å². The maximum absolute atomic E-state index is 4.53. The SMILES string of the molecule is CCCCN(c1ccccc1)c1ncnc(NCC)c1C. The summed E-state index contributed by atoms with van der Waals surface area (Å²) in [7, 11) is 0. The van der Waals surface area contributed by atoms with Crippen LogP contribution in [0.15, 0.2) is 36.7 Å². The summed E-state index contributed by atoms with van der Waals surface area (Å²) < 4.78 is 0. The molecule has 21 heavy (non-hydrogen) atoms. The van der Waals surface area contributed by atoms with Crippen LogP contribution in [0.3, 0.4) is 0 Å². The summed E-state index contributed by atoms with van der Waals surface area (Å²) >= 11 is 0. The van der Waals surface area contributed by atoms with Crippen LogP contribution >= 0.6 is 0 Å². The third-order valence-electron chi connectivity index (χ3n) is 3.46. The Labute approximate surface area is 127 Å². The normalized spacial score (nSPS) is 10.4. The van der Waals surface area contributed by atoms with Gasteiger partial charge in [0.1, 0.15) is 18.0 Å². The van der Waals surface area contributed by atoms with Gasteiger partial charge in [-0.1, -0.05) is 31.5 Å². The molecule has 0 radical (unpaired) electrons. The first kappa shape index (κ1) is 15.3. The summed E-state index contributed by atoms with van der Waals surface area (Å²) in [5.74, 6) is 1.90. The van der Waals surface area contributed by atoms with Crippen molar-refractivity contribution < 1.29 is 0 Å². The maximum Gasteiger partial charge on any atom is 0.141 e. The average Bonchev–Trinajstić information content (AvgIpc) is 2.52. The number of benzene rings is 1. The maximum atomic E-state index is 4.53. The van der Waals surface area contributed by atoms with E-state index in [0.29, 0.717) is 0 Å². The Morgan fingerprint density at radius 1 is 1.10 bits per heavy atom. The van der Waals surface area contributed by atoms with Gasteiger partial charge in [-0.05, 0) is 32.4 Å². The number of nitrogens with one attached hydrogen (secondary N) is 1. The monoisotopic (exact) mass is 284 g/mol. The first-order valence-electron chi connectivity index (χ1n) is 7.66. The van der Waals surface area contributed by atoms with Gasteiger partial charge in [0, 0.05) is 24.3 Å². The van der Waals surface area contributed by atoms with Crippen molar-refractivity contribution in [2.24, 2.45) is 0 Å². The summed E-state index contributed by atoms with van der Waals surface area (Å²) in [6.07, 6.45) is 3.94. The summed E-state index contributed by atoms with van der Waals surface area (Å²) in [4.78, 5) is 11.1. The predicted octanol–water partition coefficient (Wildman–Crippen LogP) is 4.16. The molecule has 4 heteroatoms. The number of nitrogens with zero attached hydrogens (tertiary/aromatic N) is 3. The highest BCUT2D eigenvalue weighted by molar-refractivity contribution is 5.66. The minimum Gasteiger partial charge on any atom is -0.370 e. The zero-order chi connectivity index (χ0) is 15.1. The Kier molecular flexibility index (Phi) is 5.55. The topological polar surface area (TPSA) is 41.1 Å². The first-order valence-corrected chi connectivity index (χ1v) is 7.66. The molecule has 1 heterocycles. The summed E-state index contributed by atoms with van der Waals surface area (Å²) in [5.41, 5.74) is 2.27. The van der Waals surface area contributed by atoms with E-state index in [-0.39, 0.29) is 0 Å². The van der Waals surface area contributed by atoms with E-state index in [9.17, 15) is 0 Å². The molecule has 0 spiro atoms. The van der Waals surface area contributed by atoms with Crippen LogP contribution in [-0.4, -0.2) is 23.1 Å². The van der Waals surface area contributed by atoms with Gasteiger partial charge in [-0.15, -0.1) is 0 Å². The Bertz CT molecular complexity index is 554. The van der Waals surface area contributed by atoms with E-state index < -0.39 is 0 Å². The molecule has 1 aromatic heterocycles. The highest BCUT2D eigenvalue weighted by Gasteiger charge is 2.15. The number of para-hydroxylation sites is 1. The van der Waals surface area contributed by atoms with Crippen LogP contribution in [-0.2, 0) is 0 Å². The number of hydrogen-bond donors (Lipinski definition) is 1. The van der Waals surface area contributed by atoms with Crippen molar-refractivity contribution in [2.75, 3.05) is 23.3 Å². The minimum atomic E-state index is 0.859. The van der Waals surface area contributed by atoms with Crippen molar-refractivity contribution in [1.29, 1.82) is 0 Å². The number of anilines is 3. The number of hydrogen-bond acceptors (Lipinski definition) is 4. The first-order chi connectivity index (χ1) is 10.3. The van der Waals surface area contributed by atoms with E-state index in [1.165, 1.54) is 5.69 Å². The molecule has 0 aliphatic heterocycles. The molecule has 4 nitrogen and oxygen atoms in total. The second-order valence-electron chi connectivity index (χ2n) is 5.04. The fourth-order valence-electron chi connectivity index (χ4n) is 2.34. The van der Waals surface area contributed by atoms with Crippen LogP contribution in [0, 0.1) is 6.92 Å². The summed E-state index contributed by atoms with van der Waals surface area (Å²) in [5, 5.41) is 3.30. The Morgan fingerprint density at radius 3 is 2.52 bits per heavy atom. The fourth-order valence-corrected chi connectivity index (χ4v) is 2.34. The standard InChI is InChI=1S/C17H24N4/c1-4-6-12-21(15-10-8-7-9-11-15)17-14(3)16(18-5-2)19-13-20-17/h7-11,13H,4-6,12H2,1-3H3,(H,18,19,20). The van der Waals surface area contributed by atoms with E-state index in [1.54, 1.807) is 6.33 Å². The molecule has 0 aliphatic carbocycles. The third kappa shape index (κ3) is 3.72. The Balaban J connectivity index is 2.39. The van der Waals surface area contributed by atoms with E-state index in [4.69, 9.17) is 0 Å². The summed E-state index contributed by atoms with van der Waals surface area (Å²) in [6, 6.07) is 10.4. The lowest BCUT2D eigenvalue weighted by Crippen LogP contribution is -2.21. The predicted molar refractivity (Wildman–Crippen MR) is 89.3 cm³/mol. The van der Waals surface area contributed by atoms with E-state index >= 15 is 0 Å². The molecule has 2 rings (SSSR count). The van der Waals surface area contributed by atoms with Gasteiger partial charge in [0.15, 0.2) is 0 Å². The second kappa shape index (κ2) is 7.62. The minimum absolute atomic E-state index is 0.859. The lowest BCUT2D eigenvalue weighted by Gasteiger charge is -2.26. The van der Waals surface area contributed by atoms with E-state index in [2.05, 4.69) is 65.2 Å². The van der Waals surface area contributed by atoms with Gasteiger partial charge in [0.2, 0.25) is 0 Å². The van der Waals surface area contributed by atoms with E-state index in [1.807, 2.05) is 6.07 Å². The molecular weight excluding hydrogens is 260 g/mol. The van der Waals surface area contributed by atoms with Gasteiger partial charge in [-0.3, -0.25) is 0 Å². The van der Waals surface area contributed by atoms with Gasteiger partial charge in [-0.25, -0.2) is 9.97 Å².